The monoisotopic (exact) mass is 286 g/mol. The minimum atomic E-state index is -3.77. The van der Waals surface area contributed by atoms with E-state index in [4.69, 9.17) is 9.88 Å². The van der Waals surface area contributed by atoms with Crippen LogP contribution in [-0.4, -0.2) is 57.7 Å². The van der Waals surface area contributed by atoms with Crippen LogP contribution in [0.5, 0.6) is 0 Å². The fourth-order valence-electron chi connectivity index (χ4n) is 1.95. The Labute approximate surface area is 112 Å². The molecule has 19 heavy (non-hydrogen) atoms. The van der Waals surface area contributed by atoms with Crippen molar-refractivity contribution in [3.8, 4) is 0 Å². The second-order valence-corrected chi connectivity index (χ2v) is 6.06. The lowest BCUT2D eigenvalue weighted by atomic mass is 10.3. The van der Waals surface area contributed by atoms with Gasteiger partial charge >= 0.3 is 0 Å². The van der Waals surface area contributed by atoms with Gasteiger partial charge in [-0.05, 0) is 19.2 Å². The normalized spacial score (nSPS) is 21.3. The molecule has 1 aromatic heterocycles. The van der Waals surface area contributed by atoms with Crippen molar-refractivity contribution in [2.45, 2.75) is 11.0 Å². The van der Waals surface area contributed by atoms with Crippen LogP contribution in [0.15, 0.2) is 23.2 Å². The third kappa shape index (κ3) is 3.87. The van der Waals surface area contributed by atoms with E-state index in [-0.39, 0.29) is 16.8 Å². The maximum atomic E-state index is 11.4. The molecule has 0 aliphatic carbocycles. The first kappa shape index (κ1) is 14.2. The number of morpholine rings is 1. The van der Waals surface area contributed by atoms with Gasteiger partial charge in [0.25, 0.3) is 0 Å². The largest absolute Gasteiger partial charge is 0.374 e. The molecule has 0 radical (unpaired) electrons. The molecular weight excluding hydrogens is 268 g/mol. The van der Waals surface area contributed by atoms with Crippen molar-refractivity contribution in [2.75, 3.05) is 38.6 Å². The highest BCUT2D eigenvalue weighted by atomic mass is 32.2. The third-order valence-corrected chi connectivity index (χ3v) is 3.86. The van der Waals surface area contributed by atoms with E-state index in [1.165, 1.54) is 18.3 Å². The number of ether oxygens (including phenoxy) is 1. The van der Waals surface area contributed by atoms with E-state index < -0.39 is 10.0 Å². The van der Waals surface area contributed by atoms with Gasteiger partial charge in [-0.1, -0.05) is 0 Å². The number of nitrogens with zero attached hydrogens (tertiary/aromatic N) is 2. The maximum Gasteiger partial charge on any atom is 0.241 e. The van der Waals surface area contributed by atoms with Crippen molar-refractivity contribution < 1.29 is 13.2 Å². The molecule has 7 nitrogen and oxygen atoms in total. The van der Waals surface area contributed by atoms with E-state index in [1.54, 1.807) is 0 Å². The smallest absolute Gasteiger partial charge is 0.241 e. The van der Waals surface area contributed by atoms with E-state index in [9.17, 15) is 8.42 Å². The number of anilines is 1. The highest BCUT2D eigenvalue weighted by Gasteiger charge is 2.19. The van der Waals surface area contributed by atoms with E-state index >= 15 is 0 Å². The molecule has 1 aliphatic rings. The minimum absolute atomic E-state index is 0.000774. The molecule has 2 heterocycles. The van der Waals surface area contributed by atoms with Crippen LogP contribution < -0.4 is 10.5 Å². The zero-order chi connectivity index (χ0) is 13.9. The van der Waals surface area contributed by atoms with Gasteiger partial charge in [-0.25, -0.2) is 18.5 Å². The molecule has 0 saturated carbocycles. The lowest BCUT2D eigenvalue weighted by molar-refractivity contribution is -0.0117. The first-order valence-corrected chi connectivity index (χ1v) is 7.53. The van der Waals surface area contributed by atoms with Crippen LogP contribution in [0.4, 0.5) is 5.82 Å². The summed E-state index contributed by atoms with van der Waals surface area (Å²) in [5, 5.41) is 8.13. The quantitative estimate of drug-likeness (QED) is 0.772. The van der Waals surface area contributed by atoms with Crippen LogP contribution in [0.1, 0.15) is 0 Å². The van der Waals surface area contributed by atoms with Crippen molar-refractivity contribution in [3.63, 3.8) is 0 Å². The highest BCUT2D eigenvalue weighted by molar-refractivity contribution is 7.89. The average molecular weight is 286 g/mol. The molecule has 1 atom stereocenters. The molecule has 0 amide bonds. The predicted molar refractivity (Wildman–Crippen MR) is 71.3 cm³/mol. The molecule has 0 aromatic carbocycles. The van der Waals surface area contributed by atoms with Crippen LogP contribution in [0, 0.1) is 0 Å². The number of hydrogen-bond donors (Lipinski definition) is 2. The van der Waals surface area contributed by atoms with E-state index in [0.29, 0.717) is 13.2 Å². The molecule has 8 heteroatoms. The van der Waals surface area contributed by atoms with Crippen LogP contribution >= 0.6 is 0 Å². The van der Waals surface area contributed by atoms with Gasteiger partial charge in [0, 0.05) is 25.8 Å². The SMILES string of the molecule is CN1CCOC(CNc2ncccc2S(N)(=O)=O)C1. The molecule has 3 N–H and O–H groups in total. The summed E-state index contributed by atoms with van der Waals surface area (Å²) < 4.78 is 28.4. The zero-order valence-electron chi connectivity index (χ0n) is 10.7. The Bertz CT molecular complexity index is 534. The second kappa shape index (κ2) is 5.83. The number of sulfonamides is 1. The fraction of sp³-hybridized carbons (Fsp3) is 0.545. The molecule has 1 aromatic rings. The number of rotatable bonds is 4. The summed E-state index contributed by atoms with van der Waals surface area (Å²) in [6.07, 6.45) is 1.53. The Morgan fingerprint density at radius 2 is 2.42 bits per heavy atom. The summed E-state index contributed by atoms with van der Waals surface area (Å²) in [6.45, 7) is 2.87. The van der Waals surface area contributed by atoms with Crippen molar-refractivity contribution in [1.82, 2.24) is 9.88 Å². The minimum Gasteiger partial charge on any atom is -0.374 e. The number of likely N-dealkylation sites (N-methyl/N-ethyl adjacent to an activating group) is 1. The molecule has 0 spiro atoms. The Morgan fingerprint density at radius 3 is 3.11 bits per heavy atom. The first-order valence-electron chi connectivity index (χ1n) is 5.98. The second-order valence-electron chi connectivity index (χ2n) is 4.53. The van der Waals surface area contributed by atoms with Crippen molar-refractivity contribution in [1.29, 1.82) is 0 Å². The summed E-state index contributed by atoms with van der Waals surface area (Å²) in [5.74, 6) is 0.266. The van der Waals surface area contributed by atoms with Gasteiger partial charge in [0.05, 0.1) is 12.7 Å². The Morgan fingerprint density at radius 1 is 1.63 bits per heavy atom. The van der Waals surface area contributed by atoms with E-state index in [0.717, 1.165) is 13.1 Å². The van der Waals surface area contributed by atoms with Crippen LogP contribution in [-0.2, 0) is 14.8 Å². The first-order chi connectivity index (χ1) is 8.97. The van der Waals surface area contributed by atoms with Crippen molar-refractivity contribution >= 4 is 15.8 Å². The topological polar surface area (TPSA) is 97.5 Å². The van der Waals surface area contributed by atoms with E-state index in [2.05, 4.69) is 15.2 Å². The van der Waals surface area contributed by atoms with Gasteiger partial charge in [0.1, 0.15) is 10.7 Å². The van der Waals surface area contributed by atoms with Gasteiger partial charge in [0.15, 0.2) is 0 Å². The highest BCUT2D eigenvalue weighted by Crippen LogP contribution is 2.16. The molecule has 1 aliphatic heterocycles. The number of nitrogens with one attached hydrogen (secondary N) is 1. The number of pyridine rings is 1. The van der Waals surface area contributed by atoms with Crippen LogP contribution in [0.25, 0.3) is 0 Å². The zero-order valence-corrected chi connectivity index (χ0v) is 11.6. The fourth-order valence-corrected chi connectivity index (χ4v) is 2.62. The number of primary sulfonamides is 1. The molecule has 106 valence electrons. The molecular formula is C11H18N4O3S. The molecule has 1 saturated heterocycles. The lowest BCUT2D eigenvalue weighted by Crippen LogP contribution is -2.43. The Balaban J connectivity index is 2.04. The van der Waals surface area contributed by atoms with Crippen LogP contribution in [0.3, 0.4) is 0 Å². The Hall–Kier alpha value is -1.22. The van der Waals surface area contributed by atoms with Gasteiger partial charge in [-0.15, -0.1) is 0 Å². The summed E-state index contributed by atoms with van der Waals surface area (Å²) in [6, 6.07) is 2.97. The van der Waals surface area contributed by atoms with Crippen molar-refractivity contribution in [2.24, 2.45) is 5.14 Å². The molecule has 0 bridgehead atoms. The standard InChI is InChI=1S/C11H18N4O3S/c1-15-5-6-18-9(8-15)7-14-11-10(19(12,16)17)3-2-4-13-11/h2-4,9H,5-8H2,1H3,(H,13,14)(H2,12,16,17). The van der Waals surface area contributed by atoms with Gasteiger partial charge in [-0.2, -0.15) is 0 Å². The molecule has 1 fully saturated rings. The number of hydrogen-bond acceptors (Lipinski definition) is 6. The van der Waals surface area contributed by atoms with Gasteiger partial charge < -0.3 is 15.0 Å². The summed E-state index contributed by atoms with van der Waals surface area (Å²) in [5.41, 5.74) is 0. The van der Waals surface area contributed by atoms with Gasteiger partial charge in [-0.3, -0.25) is 0 Å². The summed E-state index contributed by atoms with van der Waals surface area (Å²) in [4.78, 5) is 6.17. The molecule has 1 unspecified atom stereocenters. The summed E-state index contributed by atoms with van der Waals surface area (Å²) in [7, 11) is -1.75. The Kier molecular flexibility index (Phi) is 4.35. The summed E-state index contributed by atoms with van der Waals surface area (Å²) >= 11 is 0. The predicted octanol–water partition coefficient (Wildman–Crippen LogP) is -0.528. The average Bonchev–Trinajstić information content (AvgIpc) is 2.36. The molecule has 2 rings (SSSR count). The number of nitrogens with two attached hydrogens (primary N) is 1. The third-order valence-electron chi connectivity index (χ3n) is 2.92. The van der Waals surface area contributed by atoms with E-state index in [1.807, 2.05) is 7.05 Å². The van der Waals surface area contributed by atoms with Crippen molar-refractivity contribution in [3.05, 3.63) is 18.3 Å². The lowest BCUT2D eigenvalue weighted by Gasteiger charge is -2.30. The maximum absolute atomic E-state index is 11.4. The van der Waals surface area contributed by atoms with Crippen LogP contribution in [0.2, 0.25) is 0 Å². The number of aromatic nitrogens is 1. The van der Waals surface area contributed by atoms with Gasteiger partial charge in [0.2, 0.25) is 10.0 Å².